The van der Waals surface area contributed by atoms with Crippen molar-refractivity contribution >= 4 is 28.3 Å². The molecule has 142 valence electrons. The number of carbonyl (C=O) groups excluding carboxylic acids is 1. The summed E-state index contributed by atoms with van der Waals surface area (Å²) in [4.78, 5) is 12.4. The average molecular weight is 390 g/mol. The first-order valence-electron chi connectivity index (χ1n) is 8.28. The number of rotatable bonds is 6. The first kappa shape index (κ1) is 21.9. The summed E-state index contributed by atoms with van der Waals surface area (Å²) in [6, 6.07) is 4.71. The van der Waals surface area contributed by atoms with Crippen LogP contribution in [0.1, 0.15) is 55.5 Å². The van der Waals surface area contributed by atoms with Crippen molar-refractivity contribution in [3.8, 4) is 0 Å². The number of hydrogen-bond acceptors (Lipinski definition) is 4. The van der Waals surface area contributed by atoms with Gasteiger partial charge in [0.2, 0.25) is 10.0 Å². The number of nitrogens with two attached hydrogens (primary N) is 1. The highest BCUT2D eigenvalue weighted by atomic mass is 35.5. The van der Waals surface area contributed by atoms with E-state index in [-0.39, 0.29) is 29.3 Å². The fourth-order valence-electron chi connectivity index (χ4n) is 2.77. The summed E-state index contributed by atoms with van der Waals surface area (Å²) in [5, 5.41) is 2.73. The number of benzene rings is 1. The van der Waals surface area contributed by atoms with Gasteiger partial charge in [-0.2, -0.15) is 0 Å². The van der Waals surface area contributed by atoms with Gasteiger partial charge in [-0.25, -0.2) is 13.1 Å². The van der Waals surface area contributed by atoms with Gasteiger partial charge in [0.25, 0.3) is 5.91 Å². The Hall–Kier alpha value is -1.15. The zero-order chi connectivity index (χ0) is 18.0. The van der Waals surface area contributed by atoms with Crippen LogP contribution < -0.4 is 15.8 Å². The third kappa shape index (κ3) is 6.26. The Morgan fingerprint density at radius 2 is 1.88 bits per heavy atom. The molecule has 0 unspecified atom stereocenters. The molecule has 0 radical (unpaired) electrons. The number of hydrogen-bond donors (Lipinski definition) is 3. The van der Waals surface area contributed by atoms with E-state index in [2.05, 4.69) is 10.0 Å². The van der Waals surface area contributed by atoms with Crippen LogP contribution in [-0.4, -0.2) is 32.5 Å². The molecular weight excluding hydrogens is 362 g/mol. The summed E-state index contributed by atoms with van der Waals surface area (Å²) >= 11 is 0. The summed E-state index contributed by atoms with van der Waals surface area (Å²) < 4.78 is 28.0. The van der Waals surface area contributed by atoms with Crippen LogP contribution in [-0.2, 0) is 10.0 Å². The van der Waals surface area contributed by atoms with Crippen molar-refractivity contribution in [1.29, 1.82) is 0 Å². The van der Waals surface area contributed by atoms with E-state index in [9.17, 15) is 13.2 Å². The predicted molar refractivity (Wildman–Crippen MR) is 102 cm³/mol. The molecule has 1 fully saturated rings. The van der Waals surface area contributed by atoms with Crippen LogP contribution in [0.5, 0.6) is 0 Å². The van der Waals surface area contributed by atoms with Crippen molar-refractivity contribution in [2.45, 2.75) is 62.9 Å². The quantitative estimate of drug-likeness (QED) is 0.693. The van der Waals surface area contributed by atoms with Gasteiger partial charge in [-0.1, -0.05) is 18.9 Å². The van der Waals surface area contributed by atoms with E-state index in [0.29, 0.717) is 17.7 Å². The Kier molecular flexibility index (Phi) is 7.43. The third-order valence-electron chi connectivity index (χ3n) is 4.12. The van der Waals surface area contributed by atoms with Crippen molar-refractivity contribution in [2.24, 2.45) is 5.73 Å². The summed E-state index contributed by atoms with van der Waals surface area (Å²) in [7, 11) is -3.63. The maximum absolute atomic E-state index is 12.6. The van der Waals surface area contributed by atoms with E-state index in [1.165, 1.54) is 6.07 Å². The third-order valence-corrected chi connectivity index (χ3v) is 5.78. The Morgan fingerprint density at radius 1 is 1.28 bits per heavy atom. The number of amides is 1. The smallest absolute Gasteiger partial charge is 0.251 e. The van der Waals surface area contributed by atoms with E-state index >= 15 is 0 Å². The molecule has 0 aromatic heterocycles. The largest absolute Gasteiger partial charge is 0.350 e. The number of aryl methyl sites for hydroxylation is 1. The van der Waals surface area contributed by atoms with Crippen LogP contribution in [0.25, 0.3) is 0 Å². The van der Waals surface area contributed by atoms with Crippen molar-refractivity contribution in [1.82, 2.24) is 10.0 Å². The van der Waals surface area contributed by atoms with Crippen molar-refractivity contribution < 1.29 is 13.2 Å². The van der Waals surface area contributed by atoms with Crippen molar-refractivity contribution in [3.05, 3.63) is 29.3 Å². The minimum atomic E-state index is -3.63. The normalized spacial score (nSPS) is 15.7. The molecule has 1 aromatic rings. The fraction of sp³-hybridized carbons (Fsp3) is 0.588. The number of halogens is 1. The molecule has 0 atom stereocenters. The summed E-state index contributed by atoms with van der Waals surface area (Å²) in [6.45, 7) is 5.66. The van der Waals surface area contributed by atoms with E-state index in [1.807, 2.05) is 13.8 Å². The van der Waals surface area contributed by atoms with Crippen LogP contribution >= 0.6 is 12.4 Å². The topological polar surface area (TPSA) is 101 Å². The van der Waals surface area contributed by atoms with E-state index in [4.69, 9.17) is 5.73 Å². The SMILES string of the molecule is Cc1ccc(C(=O)NCC(C)(C)N)cc1S(=O)(=O)NC1CCCC1.Cl. The van der Waals surface area contributed by atoms with Gasteiger partial charge in [0.1, 0.15) is 0 Å². The molecule has 0 saturated heterocycles. The highest BCUT2D eigenvalue weighted by Crippen LogP contribution is 2.22. The van der Waals surface area contributed by atoms with E-state index in [0.717, 1.165) is 25.7 Å². The molecule has 6 nitrogen and oxygen atoms in total. The highest BCUT2D eigenvalue weighted by Gasteiger charge is 2.25. The molecule has 1 amide bonds. The van der Waals surface area contributed by atoms with Crippen LogP contribution in [0.2, 0.25) is 0 Å². The standard InChI is InChI=1S/C17H27N3O3S.ClH/c1-12-8-9-13(16(21)19-11-17(2,3)18)10-15(12)24(22,23)20-14-6-4-5-7-14;/h8-10,14,20H,4-7,11,18H2,1-3H3,(H,19,21);1H. The second-order valence-corrected chi connectivity index (χ2v) is 8.94. The molecule has 1 aromatic carbocycles. The van der Waals surface area contributed by atoms with Gasteiger partial charge in [0, 0.05) is 23.7 Å². The Bertz CT molecular complexity index is 708. The maximum Gasteiger partial charge on any atom is 0.251 e. The van der Waals surface area contributed by atoms with Gasteiger partial charge in [-0.3, -0.25) is 4.79 Å². The molecule has 4 N–H and O–H groups in total. The van der Waals surface area contributed by atoms with Crippen LogP contribution in [0, 0.1) is 6.92 Å². The van der Waals surface area contributed by atoms with Crippen LogP contribution in [0.3, 0.4) is 0 Å². The second kappa shape index (κ2) is 8.49. The van der Waals surface area contributed by atoms with Gasteiger partial charge >= 0.3 is 0 Å². The Labute approximate surface area is 156 Å². The summed E-state index contributed by atoms with van der Waals surface area (Å²) in [5.41, 5.74) is 6.27. The van der Waals surface area contributed by atoms with Gasteiger partial charge in [-0.05, 0) is 51.3 Å². The lowest BCUT2D eigenvalue weighted by molar-refractivity contribution is 0.0946. The number of nitrogens with one attached hydrogen (secondary N) is 2. The summed E-state index contributed by atoms with van der Waals surface area (Å²) in [5.74, 6) is -0.328. The highest BCUT2D eigenvalue weighted by molar-refractivity contribution is 7.89. The molecule has 1 aliphatic rings. The first-order chi connectivity index (χ1) is 11.1. The Balaban J connectivity index is 0.00000312. The van der Waals surface area contributed by atoms with E-state index in [1.54, 1.807) is 19.1 Å². The molecule has 1 aliphatic carbocycles. The van der Waals surface area contributed by atoms with Gasteiger partial charge < -0.3 is 11.1 Å². The van der Waals surface area contributed by atoms with Gasteiger partial charge in [0.15, 0.2) is 0 Å². The van der Waals surface area contributed by atoms with Crippen molar-refractivity contribution in [3.63, 3.8) is 0 Å². The summed E-state index contributed by atoms with van der Waals surface area (Å²) in [6.07, 6.45) is 3.82. The average Bonchev–Trinajstić information content (AvgIpc) is 2.96. The molecular formula is C17H28ClN3O3S. The molecule has 0 heterocycles. The van der Waals surface area contributed by atoms with Crippen molar-refractivity contribution in [2.75, 3.05) is 6.54 Å². The molecule has 8 heteroatoms. The molecule has 0 aliphatic heterocycles. The molecule has 0 bridgehead atoms. The monoisotopic (exact) mass is 389 g/mol. The van der Waals surface area contributed by atoms with Crippen LogP contribution in [0.15, 0.2) is 23.1 Å². The number of sulfonamides is 1. The lowest BCUT2D eigenvalue weighted by Gasteiger charge is -2.19. The van der Waals surface area contributed by atoms with Crippen LogP contribution in [0.4, 0.5) is 0 Å². The van der Waals surface area contributed by atoms with Gasteiger partial charge in [-0.15, -0.1) is 12.4 Å². The first-order valence-corrected chi connectivity index (χ1v) is 9.77. The predicted octanol–water partition coefficient (Wildman–Crippen LogP) is 2.10. The van der Waals surface area contributed by atoms with Gasteiger partial charge in [0.05, 0.1) is 4.90 Å². The Morgan fingerprint density at radius 3 is 2.44 bits per heavy atom. The zero-order valence-corrected chi connectivity index (χ0v) is 16.6. The molecule has 1 saturated carbocycles. The minimum Gasteiger partial charge on any atom is -0.350 e. The maximum atomic E-state index is 12.6. The zero-order valence-electron chi connectivity index (χ0n) is 15.0. The lowest BCUT2D eigenvalue weighted by atomic mass is 10.1. The fourth-order valence-corrected chi connectivity index (χ4v) is 4.34. The second-order valence-electron chi connectivity index (χ2n) is 7.25. The van der Waals surface area contributed by atoms with E-state index < -0.39 is 15.6 Å². The molecule has 2 rings (SSSR count). The molecule has 25 heavy (non-hydrogen) atoms. The molecule has 0 spiro atoms. The number of carbonyl (C=O) groups is 1. The minimum absolute atomic E-state index is 0. The lowest BCUT2D eigenvalue weighted by Crippen LogP contribution is -2.45.